The van der Waals surface area contributed by atoms with E-state index in [0.29, 0.717) is 12.3 Å². The molecule has 82 valence electrons. The summed E-state index contributed by atoms with van der Waals surface area (Å²) in [5.41, 5.74) is 0. The fourth-order valence-corrected chi connectivity index (χ4v) is 1.98. The molecule has 2 heterocycles. The molecule has 15 heavy (non-hydrogen) atoms. The third kappa shape index (κ3) is 1.90. The van der Waals surface area contributed by atoms with E-state index in [1.807, 2.05) is 6.92 Å². The molecule has 0 aromatic carbocycles. The Kier molecular flexibility index (Phi) is 2.77. The van der Waals surface area contributed by atoms with Crippen LogP contribution < -0.4 is 0 Å². The van der Waals surface area contributed by atoms with E-state index in [-0.39, 0.29) is 18.6 Å². The van der Waals surface area contributed by atoms with Crippen molar-refractivity contribution >= 4 is 5.91 Å². The number of furan rings is 1. The van der Waals surface area contributed by atoms with Crippen LogP contribution in [0.2, 0.25) is 0 Å². The van der Waals surface area contributed by atoms with Gasteiger partial charge in [-0.1, -0.05) is 0 Å². The van der Waals surface area contributed by atoms with Gasteiger partial charge < -0.3 is 14.4 Å². The van der Waals surface area contributed by atoms with E-state index in [1.54, 1.807) is 17.0 Å². The Morgan fingerprint density at radius 2 is 2.47 bits per heavy atom. The van der Waals surface area contributed by atoms with Gasteiger partial charge in [0, 0.05) is 6.54 Å². The third-order valence-electron chi connectivity index (χ3n) is 2.80. The minimum absolute atomic E-state index is 0.0332. The van der Waals surface area contributed by atoms with Gasteiger partial charge in [-0.25, -0.2) is 0 Å². The molecule has 0 saturated carbocycles. The molecule has 4 nitrogen and oxygen atoms in total. The number of nitrogens with zero attached hydrogens (tertiary/aromatic N) is 1. The third-order valence-corrected chi connectivity index (χ3v) is 2.80. The lowest BCUT2D eigenvalue weighted by molar-refractivity contribution is 0.0645. The minimum atomic E-state index is -0.111. The fraction of sp³-hybridized carbons (Fsp3) is 0.545. The Balaban J connectivity index is 2.13. The number of likely N-dealkylation sites (tertiary alicyclic amines) is 1. The molecule has 1 amide bonds. The average molecular weight is 209 g/mol. The van der Waals surface area contributed by atoms with E-state index in [1.165, 1.54) is 0 Å². The molecule has 2 rings (SSSR count). The average Bonchev–Trinajstić information content (AvgIpc) is 2.84. The highest BCUT2D eigenvalue weighted by atomic mass is 16.3. The monoisotopic (exact) mass is 209 g/mol. The minimum Gasteiger partial charge on any atom is -0.456 e. The van der Waals surface area contributed by atoms with E-state index in [4.69, 9.17) is 9.52 Å². The maximum atomic E-state index is 12.0. The van der Waals surface area contributed by atoms with Crippen LogP contribution in [0.15, 0.2) is 16.5 Å². The SMILES string of the molecule is Cc1ccc(C(=O)N2CCCC2CO)o1. The van der Waals surface area contributed by atoms with Gasteiger partial charge in [0.15, 0.2) is 5.76 Å². The van der Waals surface area contributed by atoms with Crippen molar-refractivity contribution in [1.29, 1.82) is 0 Å². The zero-order valence-corrected chi connectivity index (χ0v) is 8.77. The summed E-state index contributed by atoms with van der Waals surface area (Å²) >= 11 is 0. The van der Waals surface area contributed by atoms with Crippen molar-refractivity contribution in [2.45, 2.75) is 25.8 Å². The first-order chi connectivity index (χ1) is 7.22. The highest BCUT2D eigenvalue weighted by Crippen LogP contribution is 2.20. The first-order valence-corrected chi connectivity index (χ1v) is 5.20. The van der Waals surface area contributed by atoms with Gasteiger partial charge in [0.05, 0.1) is 12.6 Å². The van der Waals surface area contributed by atoms with Crippen LogP contribution in [0.4, 0.5) is 0 Å². The Morgan fingerprint density at radius 3 is 3.07 bits per heavy atom. The van der Waals surface area contributed by atoms with Crippen LogP contribution in [0.5, 0.6) is 0 Å². The summed E-state index contributed by atoms with van der Waals surface area (Å²) < 4.78 is 5.28. The molecule has 4 heteroatoms. The summed E-state index contributed by atoms with van der Waals surface area (Å²) in [6.45, 7) is 2.56. The van der Waals surface area contributed by atoms with Crippen LogP contribution in [0.3, 0.4) is 0 Å². The summed E-state index contributed by atoms with van der Waals surface area (Å²) in [6, 6.07) is 3.42. The Morgan fingerprint density at radius 1 is 1.67 bits per heavy atom. The van der Waals surface area contributed by atoms with Crippen molar-refractivity contribution in [3.8, 4) is 0 Å². The van der Waals surface area contributed by atoms with Crippen molar-refractivity contribution in [1.82, 2.24) is 4.90 Å². The van der Waals surface area contributed by atoms with E-state index < -0.39 is 0 Å². The van der Waals surface area contributed by atoms with Gasteiger partial charge >= 0.3 is 0 Å². The highest BCUT2D eigenvalue weighted by Gasteiger charge is 2.30. The number of hydrogen-bond acceptors (Lipinski definition) is 3. The second-order valence-electron chi connectivity index (χ2n) is 3.89. The topological polar surface area (TPSA) is 53.7 Å². The number of amides is 1. The number of carbonyl (C=O) groups excluding carboxylic acids is 1. The molecular weight excluding hydrogens is 194 g/mol. The molecule has 0 bridgehead atoms. The first kappa shape index (κ1) is 10.2. The molecule has 0 aliphatic carbocycles. The van der Waals surface area contributed by atoms with Crippen LogP contribution in [0.1, 0.15) is 29.2 Å². The van der Waals surface area contributed by atoms with Crippen molar-refractivity contribution in [2.75, 3.05) is 13.2 Å². The van der Waals surface area contributed by atoms with Gasteiger partial charge in [0.25, 0.3) is 5.91 Å². The Hall–Kier alpha value is -1.29. The molecule has 1 fully saturated rings. The lowest BCUT2D eigenvalue weighted by Gasteiger charge is -2.21. The molecule has 1 aromatic rings. The number of carbonyl (C=O) groups is 1. The zero-order valence-electron chi connectivity index (χ0n) is 8.77. The number of hydrogen-bond donors (Lipinski definition) is 1. The molecule has 1 aliphatic heterocycles. The van der Waals surface area contributed by atoms with Gasteiger partial charge in [0.2, 0.25) is 0 Å². The quantitative estimate of drug-likeness (QED) is 0.795. The molecule has 1 atom stereocenters. The van der Waals surface area contributed by atoms with Crippen LogP contribution in [0, 0.1) is 6.92 Å². The van der Waals surface area contributed by atoms with Gasteiger partial charge in [-0.3, -0.25) is 4.79 Å². The Bertz CT molecular complexity index is 358. The molecule has 1 aliphatic rings. The van der Waals surface area contributed by atoms with Crippen molar-refractivity contribution in [3.63, 3.8) is 0 Å². The predicted octanol–water partition coefficient (Wildman–Crippen LogP) is 1.18. The normalized spacial score (nSPS) is 20.9. The number of aliphatic hydroxyl groups is 1. The van der Waals surface area contributed by atoms with E-state index in [9.17, 15) is 4.79 Å². The number of aliphatic hydroxyl groups excluding tert-OH is 1. The maximum Gasteiger partial charge on any atom is 0.289 e. The standard InChI is InChI=1S/C11H15NO3/c1-8-4-5-10(15-8)11(14)12-6-2-3-9(12)7-13/h4-5,9,13H,2-3,6-7H2,1H3. The summed E-state index contributed by atoms with van der Waals surface area (Å²) in [6.07, 6.45) is 1.83. The van der Waals surface area contributed by atoms with Gasteiger partial charge in [-0.2, -0.15) is 0 Å². The van der Waals surface area contributed by atoms with Gasteiger partial charge in [-0.15, -0.1) is 0 Å². The number of rotatable bonds is 2. The highest BCUT2D eigenvalue weighted by molar-refractivity contribution is 5.92. The van der Waals surface area contributed by atoms with Crippen LogP contribution in [-0.2, 0) is 0 Å². The van der Waals surface area contributed by atoms with Gasteiger partial charge in [0.1, 0.15) is 5.76 Å². The lowest BCUT2D eigenvalue weighted by atomic mass is 10.2. The van der Waals surface area contributed by atoms with Crippen LogP contribution in [0.25, 0.3) is 0 Å². The molecule has 1 N–H and O–H groups in total. The van der Waals surface area contributed by atoms with Crippen molar-refractivity contribution < 1.29 is 14.3 Å². The van der Waals surface area contributed by atoms with Crippen LogP contribution >= 0.6 is 0 Å². The molecule has 1 unspecified atom stereocenters. The van der Waals surface area contributed by atoms with E-state index >= 15 is 0 Å². The molecule has 0 spiro atoms. The summed E-state index contributed by atoms with van der Waals surface area (Å²) in [4.78, 5) is 13.6. The zero-order chi connectivity index (χ0) is 10.8. The molecule has 1 saturated heterocycles. The molecular formula is C11H15NO3. The summed E-state index contributed by atoms with van der Waals surface area (Å²) in [5.74, 6) is 0.991. The number of aryl methyl sites for hydroxylation is 1. The second kappa shape index (κ2) is 4.06. The van der Waals surface area contributed by atoms with Crippen molar-refractivity contribution in [3.05, 3.63) is 23.7 Å². The summed E-state index contributed by atoms with van der Waals surface area (Å²) in [5, 5.41) is 9.11. The first-order valence-electron chi connectivity index (χ1n) is 5.20. The smallest absolute Gasteiger partial charge is 0.289 e. The predicted molar refractivity (Wildman–Crippen MR) is 54.6 cm³/mol. The van der Waals surface area contributed by atoms with Gasteiger partial charge in [-0.05, 0) is 31.9 Å². The molecule has 1 aromatic heterocycles. The molecule has 0 radical (unpaired) electrons. The van der Waals surface area contributed by atoms with Crippen molar-refractivity contribution in [2.24, 2.45) is 0 Å². The summed E-state index contributed by atoms with van der Waals surface area (Å²) in [7, 11) is 0. The van der Waals surface area contributed by atoms with Crippen LogP contribution in [-0.4, -0.2) is 35.1 Å². The van der Waals surface area contributed by atoms with E-state index in [2.05, 4.69) is 0 Å². The Labute approximate surface area is 88.5 Å². The van der Waals surface area contributed by atoms with E-state index in [0.717, 1.165) is 18.6 Å². The fourth-order valence-electron chi connectivity index (χ4n) is 1.98. The second-order valence-corrected chi connectivity index (χ2v) is 3.89. The largest absolute Gasteiger partial charge is 0.456 e. The maximum absolute atomic E-state index is 12.0. The lowest BCUT2D eigenvalue weighted by Crippen LogP contribution is -2.37.